The second kappa shape index (κ2) is 6.84. The molecular weight excluding hydrogens is 338 g/mol. The van der Waals surface area contributed by atoms with Crippen LogP contribution in [0.2, 0.25) is 0 Å². The molecule has 6 nitrogen and oxygen atoms in total. The van der Waals surface area contributed by atoms with Crippen molar-refractivity contribution in [2.75, 3.05) is 12.3 Å². The minimum Gasteiger partial charge on any atom is -0.465 e. The van der Waals surface area contributed by atoms with Gasteiger partial charge in [-0.15, -0.1) is 0 Å². The summed E-state index contributed by atoms with van der Waals surface area (Å²) in [6, 6.07) is 3.77. The number of thioether (sulfide) groups is 1. The van der Waals surface area contributed by atoms with E-state index in [1.165, 1.54) is 11.8 Å². The largest absolute Gasteiger partial charge is 0.465 e. The lowest BCUT2D eigenvalue weighted by atomic mass is 9.95. The van der Waals surface area contributed by atoms with Crippen LogP contribution in [0.3, 0.4) is 0 Å². The Bertz CT molecular complexity index is 867. The molecule has 0 bridgehead atoms. The van der Waals surface area contributed by atoms with Crippen molar-refractivity contribution in [3.63, 3.8) is 0 Å². The third-order valence-electron chi connectivity index (χ3n) is 4.17. The quantitative estimate of drug-likeness (QED) is 0.510. The maximum atomic E-state index is 12.1. The smallest absolute Gasteiger partial charge is 0.319 e. The van der Waals surface area contributed by atoms with Crippen molar-refractivity contribution >= 4 is 30.0 Å². The summed E-state index contributed by atoms with van der Waals surface area (Å²) >= 11 is 1.35. The maximum Gasteiger partial charge on any atom is 0.319 e. The zero-order chi connectivity index (χ0) is 18.1. The molecule has 1 atom stereocenters. The fraction of sp³-hybridized carbons (Fsp3) is 0.333. The second-order valence-electron chi connectivity index (χ2n) is 5.92. The van der Waals surface area contributed by atoms with Crippen LogP contribution in [0.15, 0.2) is 17.2 Å². The van der Waals surface area contributed by atoms with Crippen molar-refractivity contribution in [3.05, 3.63) is 34.4 Å². The lowest BCUT2D eigenvalue weighted by Gasteiger charge is -2.12. The number of nitrogen functional groups attached to an aromatic ring is 1. The van der Waals surface area contributed by atoms with E-state index in [-0.39, 0.29) is 17.2 Å². The fourth-order valence-corrected chi connectivity index (χ4v) is 4.12. The molecule has 1 aromatic carbocycles. The molecule has 0 amide bonds. The summed E-state index contributed by atoms with van der Waals surface area (Å²) in [5.41, 5.74) is 10.8. The minimum atomic E-state index is -0.346. The number of benzene rings is 1. The third-order valence-corrected chi connectivity index (χ3v) is 5.38. The van der Waals surface area contributed by atoms with Crippen molar-refractivity contribution in [3.8, 4) is 11.3 Å². The lowest BCUT2D eigenvalue weighted by Crippen LogP contribution is -2.19. The van der Waals surface area contributed by atoms with Gasteiger partial charge in [-0.1, -0.05) is 17.8 Å². The van der Waals surface area contributed by atoms with Crippen molar-refractivity contribution in [1.29, 1.82) is 0 Å². The van der Waals surface area contributed by atoms with Gasteiger partial charge in [0.1, 0.15) is 16.6 Å². The first-order valence-electron chi connectivity index (χ1n) is 8.01. The van der Waals surface area contributed by atoms with Crippen LogP contribution >= 0.6 is 11.8 Å². The van der Waals surface area contributed by atoms with Crippen LogP contribution < -0.4 is 5.73 Å². The Kier molecular flexibility index (Phi) is 4.76. The Hall–Kier alpha value is -2.41. The van der Waals surface area contributed by atoms with E-state index in [0.717, 1.165) is 28.5 Å². The number of rotatable bonds is 4. The molecule has 0 saturated heterocycles. The number of anilines is 1. The summed E-state index contributed by atoms with van der Waals surface area (Å²) in [6.07, 6.45) is 1.32. The second-order valence-corrected chi connectivity index (χ2v) is 7.11. The highest BCUT2D eigenvalue weighted by atomic mass is 32.2. The summed E-state index contributed by atoms with van der Waals surface area (Å²) in [7, 11) is 0. The van der Waals surface area contributed by atoms with Crippen LogP contribution in [0, 0.1) is 13.8 Å². The topological polar surface area (TPSA) is 95.2 Å². The van der Waals surface area contributed by atoms with Gasteiger partial charge in [0.15, 0.2) is 0 Å². The Balaban J connectivity index is 2.09. The molecule has 130 valence electrons. The minimum absolute atomic E-state index is 0.151. The van der Waals surface area contributed by atoms with Crippen LogP contribution in [-0.2, 0) is 16.0 Å². The van der Waals surface area contributed by atoms with Crippen LogP contribution in [0.5, 0.6) is 0 Å². The Morgan fingerprint density at radius 3 is 2.80 bits per heavy atom. The summed E-state index contributed by atoms with van der Waals surface area (Å²) in [5, 5.41) is 0.356. The molecule has 25 heavy (non-hydrogen) atoms. The van der Waals surface area contributed by atoms with Crippen molar-refractivity contribution in [2.45, 2.75) is 37.5 Å². The first-order valence-corrected chi connectivity index (χ1v) is 8.89. The Morgan fingerprint density at radius 2 is 2.12 bits per heavy atom. The zero-order valence-electron chi connectivity index (χ0n) is 14.3. The molecule has 2 N–H and O–H groups in total. The predicted molar refractivity (Wildman–Crippen MR) is 96.7 cm³/mol. The van der Waals surface area contributed by atoms with Gasteiger partial charge in [-0.2, -0.15) is 0 Å². The first-order chi connectivity index (χ1) is 11.9. The molecule has 7 heteroatoms. The van der Waals surface area contributed by atoms with Crippen molar-refractivity contribution in [2.24, 2.45) is 0 Å². The SMILES string of the molecule is CCOC(=O)C1Cc2c(nc(N)nc2-c2cc(C=O)c(C)cc2C)S1. The normalized spacial score (nSPS) is 15.7. The molecule has 3 rings (SSSR count). The van der Waals surface area contributed by atoms with E-state index in [1.807, 2.05) is 26.0 Å². The number of aromatic nitrogens is 2. The van der Waals surface area contributed by atoms with Crippen molar-refractivity contribution < 1.29 is 14.3 Å². The molecule has 1 unspecified atom stereocenters. The fourth-order valence-electron chi connectivity index (χ4n) is 2.96. The Morgan fingerprint density at radius 1 is 1.36 bits per heavy atom. The average Bonchev–Trinajstić information content (AvgIpc) is 2.98. The van der Waals surface area contributed by atoms with Crippen molar-refractivity contribution in [1.82, 2.24) is 9.97 Å². The number of hydrogen-bond acceptors (Lipinski definition) is 7. The number of aryl methyl sites for hydroxylation is 2. The molecule has 0 radical (unpaired) electrons. The van der Waals surface area contributed by atoms with Gasteiger partial charge >= 0.3 is 5.97 Å². The molecule has 0 saturated carbocycles. The predicted octanol–water partition coefficient (Wildman–Crippen LogP) is 2.74. The summed E-state index contributed by atoms with van der Waals surface area (Å²) < 4.78 is 5.12. The summed E-state index contributed by atoms with van der Waals surface area (Å²) in [5.74, 6) is -0.109. The van der Waals surface area contributed by atoms with Gasteiger partial charge in [-0.05, 0) is 38.0 Å². The van der Waals surface area contributed by atoms with E-state index in [4.69, 9.17) is 10.5 Å². The Labute approximate surface area is 150 Å². The highest BCUT2D eigenvalue weighted by Crippen LogP contribution is 2.41. The monoisotopic (exact) mass is 357 g/mol. The van der Waals surface area contributed by atoms with Gasteiger partial charge < -0.3 is 10.5 Å². The van der Waals surface area contributed by atoms with Gasteiger partial charge in [-0.3, -0.25) is 9.59 Å². The molecule has 0 spiro atoms. The number of ether oxygens (including phenoxy) is 1. The number of nitrogens with two attached hydrogens (primary N) is 1. The number of esters is 1. The van der Waals surface area contributed by atoms with Crippen LogP contribution in [0.4, 0.5) is 5.95 Å². The highest BCUT2D eigenvalue weighted by Gasteiger charge is 2.34. The van der Waals surface area contributed by atoms with Gasteiger partial charge in [0.25, 0.3) is 0 Å². The number of nitrogens with zero attached hydrogens (tertiary/aromatic N) is 2. The lowest BCUT2D eigenvalue weighted by molar-refractivity contribution is -0.142. The molecule has 1 aliphatic rings. The van der Waals surface area contributed by atoms with Crippen LogP contribution in [0.25, 0.3) is 11.3 Å². The van der Waals surface area contributed by atoms with E-state index >= 15 is 0 Å². The molecule has 2 aromatic rings. The molecule has 0 fully saturated rings. The van der Waals surface area contributed by atoms with Gasteiger partial charge in [-0.25, -0.2) is 9.97 Å². The maximum absolute atomic E-state index is 12.1. The van der Waals surface area contributed by atoms with Gasteiger partial charge in [0, 0.05) is 23.1 Å². The third kappa shape index (κ3) is 3.24. The van der Waals surface area contributed by atoms with E-state index in [2.05, 4.69) is 9.97 Å². The van der Waals surface area contributed by atoms with Crippen LogP contribution in [-0.4, -0.2) is 34.1 Å². The zero-order valence-corrected chi connectivity index (χ0v) is 15.1. The molecule has 2 heterocycles. The summed E-state index contributed by atoms with van der Waals surface area (Å²) in [4.78, 5) is 32.1. The average molecular weight is 357 g/mol. The number of hydrogen-bond donors (Lipinski definition) is 1. The van der Waals surface area contributed by atoms with E-state index in [1.54, 1.807) is 6.92 Å². The molecule has 1 aliphatic heterocycles. The van der Waals surface area contributed by atoms with E-state index in [0.29, 0.717) is 29.3 Å². The van der Waals surface area contributed by atoms with E-state index in [9.17, 15) is 9.59 Å². The standard InChI is InChI=1S/C18H19N3O3S/c1-4-24-17(23)14-7-13-15(20-18(19)21-16(13)25-14)12-6-11(8-22)9(2)5-10(12)3/h5-6,8,14H,4,7H2,1-3H3,(H2,19,20,21). The van der Waals surface area contributed by atoms with Gasteiger partial charge in [0.2, 0.25) is 5.95 Å². The number of fused-ring (bicyclic) bond motifs is 1. The molecule has 1 aromatic heterocycles. The highest BCUT2D eigenvalue weighted by molar-refractivity contribution is 8.00. The van der Waals surface area contributed by atoms with Crippen LogP contribution in [0.1, 0.15) is 34.0 Å². The molecular formula is C18H19N3O3S. The number of carbonyl (C=O) groups excluding carboxylic acids is 2. The first kappa shape index (κ1) is 17.4. The van der Waals surface area contributed by atoms with Gasteiger partial charge in [0.05, 0.1) is 12.3 Å². The van der Waals surface area contributed by atoms with E-state index < -0.39 is 0 Å². The number of carbonyl (C=O) groups is 2. The summed E-state index contributed by atoms with van der Waals surface area (Å²) in [6.45, 7) is 5.98. The number of aldehydes is 1. The molecule has 0 aliphatic carbocycles.